The summed E-state index contributed by atoms with van der Waals surface area (Å²) in [5.74, 6) is 0.856. The minimum atomic E-state index is -0.0836. The van der Waals surface area contributed by atoms with Crippen molar-refractivity contribution in [3.05, 3.63) is 0 Å². The highest BCUT2D eigenvalue weighted by Gasteiger charge is 2.51. The summed E-state index contributed by atoms with van der Waals surface area (Å²) in [6, 6.07) is 0.346. The Morgan fingerprint density at radius 2 is 2.18 bits per heavy atom. The first-order valence-electron chi connectivity index (χ1n) is 6.76. The van der Waals surface area contributed by atoms with Crippen LogP contribution in [0.2, 0.25) is 0 Å². The molecular weight excluding hydrogens is 214 g/mol. The summed E-state index contributed by atoms with van der Waals surface area (Å²) in [4.78, 5) is 11.8. The van der Waals surface area contributed by atoms with E-state index in [0.717, 1.165) is 25.9 Å². The summed E-state index contributed by atoms with van der Waals surface area (Å²) >= 11 is 0. The number of rotatable bonds is 2. The molecule has 17 heavy (non-hydrogen) atoms. The van der Waals surface area contributed by atoms with Crippen molar-refractivity contribution in [1.29, 1.82) is 0 Å². The average Bonchev–Trinajstić information content (AvgIpc) is 2.39. The lowest BCUT2D eigenvalue weighted by Crippen LogP contribution is -2.48. The van der Waals surface area contributed by atoms with Gasteiger partial charge < -0.3 is 10.1 Å². The number of ether oxygens (including phenoxy) is 1. The van der Waals surface area contributed by atoms with E-state index in [2.05, 4.69) is 33.0 Å². The van der Waals surface area contributed by atoms with Gasteiger partial charge in [0, 0.05) is 24.5 Å². The second-order valence-corrected chi connectivity index (χ2v) is 6.82. The van der Waals surface area contributed by atoms with Gasteiger partial charge in [-0.3, -0.25) is 4.79 Å². The molecule has 1 spiro atoms. The Kier molecular flexibility index (Phi) is 3.23. The molecule has 0 aromatic carbocycles. The van der Waals surface area contributed by atoms with Crippen LogP contribution in [0.1, 0.15) is 53.4 Å². The summed E-state index contributed by atoms with van der Waals surface area (Å²) in [5.41, 5.74) is 0.0584. The molecule has 2 aliphatic rings. The van der Waals surface area contributed by atoms with Gasteiger partial charge in [-0.1, -0.05) is 13.8 Å². The van der Waals surface area contributed by atoms with E-state index in [1.807, 2.05) is 0 Å². The van der Waals surface area contributed by atoms with Gasteiger partial charge in [-0.15, -0.1) is 0 Å². The van der Waals surface area contributed by atoms with Crippen LogP contribution in [-0.2, 0) is 9.53 Å². The van der Waals surface area contributed by atoms with Crippen LogP contribution in [0.15, 0.2) is 0 Å². The smallest absolute Gasteiger partial charge is 0.220 e. The van der Waals surface area contributed by atoms with Gasteiger partial charge in [-0.2, -0.15) is 0 Å². The third kappa shape index (κ3) is 2.65. The third-order valence-electron chi connectivity index (χ3n) is 4.16. The Morgan fingerprint density at radius 3 is 2.76 bits per heavy atom. The predicted octanol–water partition coefficient (Wildman–Crippen LogP) is 2.50. The molecule has 2 fully saturated rings. The molecule has 1 N–H and O–H groups in total. The number of nitrogens with one attached hydrogen (secondary N) is 1. The second-order valence-electron chi connectivity index (χ2n) is 6.82. The lowest BCUT2D eigenvalue weighted by Gasteiger charge is -2.45. The van der Waals surface area contributed by atoms with Gasteiger partial charge in [0.25, 0.3) is 0 Å². The summed E-state index contributed by atoms with van der Waals surface area (Å²) in [6.45, 7) is 9.52. The van der Waals surface area contributed by atoms with E-state index >= 15 is 0 Å². The highest BCUT2D eigenvalue weighted by Crippen LogP contribution is 2.48. The maximum atomic E-state index is 11.8. The highest BCUT2D eigenvalue weighted by atomic mass is 16.5. The van der Waals surface area contributed by atoms with E-state index < -0.39 is 0 Å². The fourth-order valence-electron chi connectivity index (χ4n) is 3.59. The molecular formula is C14H25NO2. The molecule has 2 aliphatic heterocycles. The first-order valence-corrected chi connectivity index (χ1v) is 6.76. The molecule has 0 aromatic rings. The van der Waals surface area contributed by atoms with Crippen LogP contribution in [0.5, 0.6) is 0 Å². The normalized spacial score (nSPS) is 36.5. The minimum Gasteiger partial charge on any atom is -0.376 e. The lowest BCUT2D eigenvalue weighted by atomic mass is 9.67. The van der Waals surface area contributed by atoms with Crippen LogP contribution >= 0.6 is 0 Å². The van der Waals surface area contributed by atoms with Gasteiger partial charge in [-0.25, -0.2) is 0 Å². The third-order valence-corrected chi connectivity index (χ3v) is 4.16. The lowest BCUT2D eigenvalue weighted by molar-refractivity contribution is -0.123. The number of hydrogen-bond donors (Lipinski definition) is 1. The number of hydrogen-bond acceptors (Lipinski definition) is 2. The van der Waals surface area contributed by atoms with Crippen LogP contribution in [-0.4, -0.2) is 24.2 Å². The minimum absolute atomic E-state index is 0.0836. The van der Waals surface area contributed by atoms with Crippen molar-refractivity contribution in [2.45, 2.75) is 65.0 Å². The maximum Gasteiger partial charge on any atom is 0.220 e. The predicted molar refractivity (Wildman–Crippen MR) is 67.7 cm³/mol. The molecule has 0 aromatic heterocycles. The zero-order valence-corrected chi connectivity index (χ0v) is 11.5. The van der Waals surface area contributed by atoms with Crippen molar-refractivity contribution in [3.8, 4) is 0 Å². The molecule has 2 saturated heterocycles. The summed E-state index contributed by atoms with van der Waals surface area (Å²) in [7, 11) is 0. The zero-order valence-electron chi connectivity index (χ0n) is 11.5. The molecule has 0 bridgehead atoms. The molecule has 2 unspecified atom stereocenters. The number of carbonyl (C=O) groups excluding carboxylic acids is 1. The van der Waals surface area contributed by atoms with Gasteiger partial charge in [0.1, 0.15) is 0 Å². The van der Waals surface area contributed by atoms with Crippen molar-refractivity contribution >= 4 is 5.91 Å². The van der Waals surface area contributed by atoms with Gasteiger partial charge in [0.2, 0.25) is 5.91 Å². The van der Waals surface area contributed by atoms with Gasteiger partial charge >= 0.3 is 0 Å². The van der Waals surface area contributed by atoms with Crippen LogP contribution in [0.25, 0.3) is 0 Å². The Morgan fingerprint density at radius 1 is 1.47 bits per heavy atom. The molecule has 3 heteroatoms. The van der Waals surface area contributed by atoms with E-state index in [1.54, 1.807) is 0 Å². The Balaban J connectivity index is 2.17. The molecule has 0 saturated carbocycles. The first kappa shape index (κ1) is 12.9. The van der Waals surface area contributed by atoms with E-state index in [4.69, 9.17) is 4.74 Å². The van der Waals surface area contributed by atoms with Crippen LogP contribution in [0, 0.1) is 11.3 Å². The second kappa shape index (κ2) is 4.27. The van der Waals surface area contributed by atoms with Gasteiger partial charge in [-0.05, 0) is 39.0 Å². The molecule has 0 radical (unpaired) electrons. The van der Waals surface area contributed by atoms with Crippen molar-refractivity contribution in [2.24, 2.45) is 11.3 Å². The molecule has 2 atom stereocenters. The Labute approximate surface area is 104 Å². The maximum absolute atomic E-state index is 11.8. The fourth-order valence-corrected chi connectivity index (χ4v) is 3.59. The molecule has 2 heterocycles. The SMILES string of the molecule is CC(C)CC1NC(=O)CC12CCOC(C)(C)C2. The standard InChI is InChI=1S/C14H25NO2/c1-10(2)7-11-14(8-12(16)15-11)5-6-17-13(3,4)9-14/h10-11H,5-9H2,1-4H3,(H,15,16). The van der Waals surface area contributed by atoms with E-state index in [0.29, 0.717) is 18.4 Å². The topological polar surface area (TPSA) is 38.3 Å². The molecule has 0 aliphatic carbocycles. The summed E-state index contributed by atoms with van der Waals surface area (Å²) in [6.07, 6.45) is 3.79. The fraction of sp³-hybridized carbons (Fsp3) is 0.929. The summed E-state index contributed by atoms with van der Waals surface area (Å²) < 4.78 is 5.80. The first-order chi connectivity index (χ1) is 7.83. The van der Waals surface area contributed by atoms with E-state index in [9.17, 15) is 4.79 Å². The van der Waals surface area contributed by atoms with Crippen LogP contribution < -0.4 is 5.32 Å². The molecule has 1 amide bonds. The highest BCUT2D eigenvalue weighted by molar-refractivity contribution is 5.80. The van der Waals surface area contributed by atoms with E-state index in [-0.39, 0.29) is 16.9 Å². The van der Waals surface area contributed by atoms with Crippen molar-refractivity contribution < 1.29 is 9.53 Å². The monoisotopic (exact) mass is 239 g/mol. The quantitative estimate of drug-likeness (QED) is 0.804. The van der Waals surface area contributed by atoms with Gasteiger partial charge in [0.05, 0.1) is 5.60 Å². The summed E-state index contributed by atoms with van der Waals surface area (Å²) in [5, 5.41) is 3.19. The van der Waals surface area contributed by atoms with Crippen LogP contribution in [0.3, 0.4) is 0 Å². The van der Waals surface area contributed by atoms with E-state index in [1.165, 1.54) is 0 Å². The van der Waals surface area contributed by atoms with Crippen LogP contribution in [0.4, 0.5) is 0 Å². The van der Waals surface area contributed by atoms with Crippen molar-refractivity contribution in [3.63, 3.8) is 0 Å². The Hall–Kier alpha value is -0.570. The van der Waals surface area contributed by atoms with Crippen molar-refractivity contribution in [2.75, 3.05) is 6.61 Å². The largest absolute Gasteiger partial charge is 0.376 e. The number of amides is 1. The molecule has 2 rings (SSSR count). The molecule has 98 valence electrons. The zero-order chi connectivity index (χ0) is 12.7. The van der Waals surface area contributed by atoms with Gasteiger partial charge in [0.15, 0.2) is 0 Å². The Bertz CT molecular complexity index is 311. The number of carbonyl (C=O) groups is 1. The molecule has 3 nitrogen and oxygen atoms in total. The average molecular weight is 239 g/mol. The van der Waals surface area contributed by atoms with Crippen molar-refractivity contribution in [1.82, 2.24) is 5.32 Å².